The lowest BCUT2D eigenvalue weighted by atomic mass is 10.3. The van der Waals surface area contributed by atoms with Gasteiger partial charge in [0.2, 0.25) is 0 Å². The van der Waals surface area contributed by atoms with Crippen LogP contribution in [0.4, 0.5) is 0 Å². The Morgan fingerprint density at radius 2 is 2.20 bits per heavy atom. The molecule has 0 radical (unpaired) electrons. The zero-order valence-corrected chi connectivity index (χ0v) is 8.57. The van der Waals surface area contributed by atoms with Crippen LogP contribution in [0.5, 0.6) is 0 Å². The minimum atomic E-state index is 0.738. The number of aryl methyl sites for hydroxylation is 1. The third-order valence-electron chi connectivity index (χ3n) is 2.01. The fourth-order valence-corrected chi connectivity index (χ4v) is 1.31. The summed E-state index contributed by atoms with van der Waals surface area (Å²) >= 11 is 0. The van der Waals surface area contributed by atoms with E-state index in [0.29, 0.717) is 0 Å². The van der Waals surface area contributed by atoms with Gasteiger partial charge in [-0.2, -0.15) is 5.10 Å². The van der Waals surface area contributed by atoms with Crippen LogP contribution in [-0.2, 0) is 13.1 Å². The topological polar surface area (TPSA) is 66.5 Å². The molecular formula is C10H13N5. The van der Waals surface area contributed by atoms with Crippen molar-refractivity contribution in [3.8, 4) is 0 Å². The fraction of sp³-hybridized carbons (Fsp3) is 0.300. The number of nitrogens with zero attached hydrogens (tertiary/aromatic N) is 3. The molecule has 2 heterocycles. The van der Waals surface area contributed by atoms with E-state index in [1.165, 1.54) is 0 Å². The van der Waals surface area contributed by atoms with Crippen LogP contribution in [-0.4, -0.2) is 20.2 Å². The van der Waals surface area contributed by atoms with E-state index in [-0.39, 0.29) is 0 Å². The lowest BCUT2D eigenvalue weighted by molar-refractivity contribution is 0.661. The van der Waals surface area contributed by atoms with Crippen LogP contribution in [0.2, 0.25) is 0 Å². The summed E-state index contributed by atoms with van der Waals surface area (Å²) in [6.45, 7) is 3.39. The summed E-state index contributed by atoms with van der Waals surface area (Å²) < 4.78 is 0. The second-order valence-corrected chi connectivity index (χ2v) is 3.28. The highest BCUT2D eigenvalue weighted by Crippen LogP contribution is 1.95. The number of H-pyrrole nitrogens is 1. The summed E-state index contributed by atoms with van der Waals surface area (Å²) in [6, 6.07) is 3.85. The highest BCUT2D eigenvalue weighted by Gasteiger charge is 1.96. The van der Waals surface area contributed by atoms with Gasteiger partial charge in [0.05, 0.1) is 5.69 Å². The van der Waals surface area contributed by atoms with Gasteiger partial charge in [0.1, 0.15) is 5.82 Å². The average molecular weight is 203 g/mol. The second kappa shape index (κ2) is 4.65. The third-order valence-corrected chi connectivity index (χ3v) is 2.01. The highest BCUT2D eigenvalue weighted by molar-refractivity contribution is 5.02. The second-order valence-electron chi connectivity index (χ2n) is 3.28. The van der Waals surface area contributed by atoms with Crippen molar-refractivity contribution in [3.63, 3.8) is 0 Å². The molecule has 15 heavy (non-hydrogen) atoms. The van der Waals surface area contributed by atoms with Gasteiger partial charge >= 0.3 is 0 Å². The summed E-state index contributed by atoms with van der Waals surface area (Å²) in [6.07, 6.45) is 3.52. The number of rotatable bonds is 4. The molecule has 0 saturated heterocycles. The van der Waals surface area contributed by atoms with E-state index in [9.17, 15) is 0 Å². The first-order chi connectivity index (χ1) is 7.34. The van der Waals surface area contributed by atoms with Gasteiger partial charge in [0, 0.05) is 31.2 Å². The zero-order valence-electron chi connectivity index (χ0n) is 8.57. The van der Waals surface area contributed by atoms with Gasteiger partial charge in [0.15, 0.2) is 0 Å². The molecule has 0 spiro atoms. The first-order valence-corrected chi connectivity index (χ1v) is 4.82. The molecular weight excluding hydrogens is 190 g/mol. The maximum absolute atomic E-state index is 4.29. The Morgan fingerprint density at radius 3 is 2.93 bits per heavy atom. The maximum Gasteiger partial charge on any atom is 0.125 e. The highest BCUT2D eigenvalue weighted by atomic mass is 15.1. The van der Waals surface area contributed by atoms with Crippen molar-refractivity contribution in [2.75, 3.05) is 0 Å². The van der Waals surface area contributed by atoms with Gasteiger partial charge in [-0.25, -0.2) is 9.97 Å². The minimum Gasteiger partial charge on any atom is -0.306 e. The molecule has 0 aliphatic carbocycles. The quantitative estimate of drug-likeness (QED) is 0.771. The number of hydrogen-bond donors (Lipinski definition) is 2. The van der Waals surface area contributed by atoms with Crippen molar-refractivity contribution in [2.24, 2.45) is 0 Å². The molecule has 0 aromatic carbocycles. The molecule has 0 saturated carbocycles. The minimum absolute atomic E-state index is 0.738. The SMILES string of the molecule is Cc1nccc(CNCc2ccn[nH]2)n1. The molecule has 2 N–H and O–H groups in total. The van der Waals surface area contributed by atoms with E-state index < -0.39 is 0 Å². The van der Waals surface area contributed by atoms with Gasteiger partial charge in [-0.15, -0.1) is 0 Å². The van der Waals surface area contributed by atoms with Crippen molar-refractivity contribution in [1.82, 2.24) is 25.5 Å². The monoisotopic (exact) mass is 203 g/mol. The number of aromatic amines is 1. The molecule has 2 aromatic rings. The van der Waals surface area contributed by atoms with E-state index in [1.807, 2.05) is 19.1 Å². The van der Waals surface area contributed by atoms with Crippen LogP contribution in [0.15, 0.2) is 24.5 Å². The number of hydrogen-bond acceptors (Lipinski definition) is 4. The smallest absolute Gasteiger partial charge is 0.125 e. The maximum atomic E-state index is 4.29. The van der Waals surface area contributed by atoms with Gasteiger partial charge in [0.25, 0.3) is 0 Å². The summed E-state index contributed by atoms with van der Waals surface area (Å²) in [5.74, 6) is 0.802. The van der Waals surface area contributed by atoms with Crippen molar-refractivity contribution in [3.05, 3.63) is 41.7 Å². The van der Waals surface area contributed by atoms with E-state index in [0.717, 1.165) is 30.3 Å². The summed E-state index contributed by atoms with van der Waals surface area (Å²) in [7, 11) is 0. The van der Waals surface area contributed by atoms with Crippen LogP contribution in [0.25, 0.3) is 0 Å². The Kier molecular flexibility index (Phi) is 3.04. The normalized spacial score (nSPS) is 10.5. The summed E-state index contributed by atoms with van der Waals surface area (Å²) in [5, 5.41) is 10.0. The Labute approximate surface area is 88.0 Å². The predicted octanol–water partition coefficient (Wildman–Crippen LogP) is 0.798. The lowest BCUT2D eigenvalue weighted by Crippen LogP contribution is -2.14. The van der Waals surface area contributed by atoms with Crippen molar-refractivity contribution in [1.29, 1.82) is 0 Å². The van der Waals surface area contributed by atoms with Crippen LogP contribution in [0.1, 0.15) is 17.2 Å². The Bertz CT molecular complexity index is 410. The third kappa shape index (κ3) is 2.85. The summed E-state index contributed by atoms with van der Waals surface area (Å²) in [4.78, 5) is 8.34. The molecule has 2 aromatic heterocycles. The van der Waals surface area contributed by atoms with Crippen LogP contribution in [0, 0.1) is 6.92 Å². The molecule has 0 fully saturated rings. The molecule has 5 heteroatoms. The molecule has 0 atom stereocenters. The molecule has 0 bridgehead atoms. The Hall–Kier alpha value is -1.75. The lowest BCUT2D eigenvalue weighted by Gasteiger charge is -2.02. The van der Waals surface area contributed by atoms with Crippen molar-refractivity contribution < 1.29 is 0 Å². The van der Waals surface area contributed by atoms with E-state index in [4.69, 9.17) is 0 Å². The molecule has 2 rings (SSSR count). The number of nitrogens with one attached hydrogen (secondary N) is 2. The van der Waals surface area contributed by atoms with Crippen LogP contribution < -0.4 is 5.32 Å². The Balaban J connectivity index is 1.83. The molecule has 0 amide bonds. The van der Waals surface area contributed by atoms with Gasteiger partial charge in [-0.1, -0.05) is 0 Å². The van der Waals surface area contributed by atoms with Gasteiger partial charge < -0.3 is 5.32 Å². The van der Waals surface area contributed by atoms with Crippen molar-refractivity contribution in [2.45, 2.75) is 20.0 Å². The predicted molar refractivity (Wildman–Crippen MR) is 55.9 cm³/mol. The largest absolute Gasteiger partial charge is 0.306 e. The molecule has 78 valence electrons. The van der Waals surface area contributed by atoms with Crippen LogP contribution in [0.3, 0.4) is 0 Å². The molecule has 0 unspecified atom stereocenters. The first-order valence-electron chi connectivity index (χ1n) is 4.82. The summed E-state index contributed by atoms with van der Waals surface area (Å²) in [5.41, 5.74) is 2.07. The van der Waals surface area contributed by atoms with E-state index >= 15 is 0 Å². The standard InChI is InChI=1S/C10H13N5/c1-8-12-4-2-9(14-8)6-11-7-10-3-5-13-15-10/h2-5,11H,6-7H2,1H3,(H,13,15). The van der Waals surface area contributed by atoms with E-state index in [1.54, 1.807) is 12.4 Å². The zero-order chi connectivity index (χ0) is 10.5. The van der Waals surface area contributed by atoms with Crippen molar-refractivity contribution >= 4 is 0 Å². The first kappa shape index (κ1) is 9.79. The molecule has 5 nitrogen and oxygen atoms in total. The average Bonchev–Trinajstić information content (AvgIpc) is 2.71. The van der Waals surface area contributed by atoms with Gasteiger partial charge in [-0.05, 0) is 19.1 Å². The Morgan fingerprint density at radius 1 is 1.27 bits per heavy atom. The number of aromatic nitrogens is 4. The molecule has 0 aliphatic heterocycles. The van der Waals surface area contributed by atoms with Gasteiger partial charge in [-0.3, -0.25) is 5.10 Å². The van der Waals surface area contributed by atoms with E-state index in [2.05, 4.69) is 25.5 Å². The fourth-order valence-electron chi connectivity index (χ4n) is 1.31. The molecule has 0 aliphatic rings. The van der Waals surface area contributed by atoms with Crippen LogP contribution >= 0.6 is 0 Å².